The predicted molar refractivity (Wildman–Crippen MR) is 103 cm³/mol. The molecule has 1 atom stereocenters. The Labute approximate surface area is 158 Å². The number of rotatable bonds is 5. The number of halogens is 1. The van der Waals surface area contributed by atoms with E-state index in [0.717, 1.165) is 36.9 Å². The molecule has 1 aliphatic rings. The van der Waals surface area contributed by atoms with Crippen LogP contribution in [0.3, 0.4) is 0 Å². The molecule has 1 saturated heterocycles. The third kappa shape index (κ3) is 4.56. The predicted octanol–water partition coefficient (Wildman–Crippen LogP) is 2.33. The van der Waals surface area contributed by atoms with Crippen LogP contribution in [-0.2, 0) is 11.2 Å². The highest BCUT2D eigenvalue weighted by molar-refractivity contribution is 5.85. The molecule has 0 spiro atoms. The van der Waals surface area contributed by atoms with Crippen LogP contribution in [0.15, 0.2) is 27.4 Å². The smallest absolute Gasteiger partial charge is 0.339 e. The first-order chi connectivity index (χ1) is 12.1. The number of benzene rings is 1. The molecule has 1 aliphatic heterocycles. The highest BCUT2D eigenvalue weighted by Crippen LogP contribution is 2.24. The zero-order chi connectivity index (χ0) is 17.8. The number of nitrogens with one attached hydrogen (secondary N) is 2. The molecule has 6 nitrogen and oxygen atoms in total. The Bertz CT molecular complexity index is 828. The summed E-state index contributed by atoms with van der Waals surface area (Å²) in [5.74, 6) is 0.616. The standard InChI is InChI=1S/C19H24N2O4.ClH/c1-12-15-6-5-14(24-2)10-17(15)25-19(23)16(12)7-8-18(22)21-13-4-3-9-20-11-13;/h5-6,10,13,20H,3-4,7-9,11H2,1-2H3,(H,21,22);1H. The third-order valence-corrected chi connectivity index (χ3v) is 4.76. The Balaban J connectivity index is 0.00000243. The summed E-state index contributed by atoms with van der Waals surface area (Å²) in [7, 11) is 1.57. The molecule has 1 fully saturated rings. The number of hydrogen-bond acceptors (Lipinski definition) is 5. The van der Waals surface area contributed by atoms with Gasteiger partial charge in [0.15, 0.2) is 0 Å². The Morgan fingerprint density at radius 1 is 1.42 bits per heavy atom. The molecule has 1 unspecified atom stereocenters. The molecule has 0 saturated carbocycles. The number of amides is 1. The minimum atomic E-state index is -0.384. The number of methoxy groups -OCH3 is 1. The second kappa shape index (κ2) is 9.05. The van der Waals surface area contributed by atoms with Crippen LogP contribution < -0.4 is 21.0 Å². The zero-order valence-corrected chi connectivity index (χ0v) is 15.9. The Kier molecular flexibility index (Phi) is 7.06. The number of hydrogen-bond donors (Lipinski definition) is 2. The molecule has 2 aromatic rings. The average molecular weight is 381 g/mol. The second-order valence-corrected chi connectivity index (χ2v) is 6.47. The van der Waals surface area contributed by atoms with Crippen LogP contribution in [0, 0.1) is 6.92 Å². The molecule has 1 aromatic carbocycles. The van der Waals surface area contributed by atoms with Crippen molar-refractivity contribution in [3.8, 4) is 5.75 Å². The lowest BCUT2D eigenvalue weighted by molar-refractivity contribution is -0.121. The highest BCUT2D eigenvalue weighted by atomic mass is 35.5. The van der Waals surface area contributed by atoms with E-state index in [1.54, 1.807) is 13.2 Å². The van der Waals surface area contributed by atoms with Crippen molar-refractivity contribution in [2.45, 2.75) is 38.6 Å². The maximum atomic E-state index is 12.3. The SMILES string of the molecule is COc1ccc2c(C)c(CCC(=O)NC3CCCNC3)c(=O)oc2c1.Cl. The molecule has 2 heterocycles. The summed E-state index contributed by atoms with van der Waals surface area (Å²) < 4.78 is 10.6. The first-order valence-electron chi connectivity index (χ1n) is 8.69. The van der Waals surface area contributed by atoms with Crippen molar-refractivity contribution >= 4 is 29.3 Å². The Hall–Kier alpha value is -2.05. The van der Waals surface area contributed by atoms with Crippen LogP contribution in [0.2, 0.25) is 0 Å². The molecule has 142 valence electrons. The van der Waals surface area contributed by atoms with E-state index in [2.05, 4.69) is 10.6 Å². The van der Waals surface area contributed by atoms with Crippen molar-refractivity contribution in [1.82, 2.24) is 10.6 Å². The van der Waals surface area contributed by atoms with Crippen LogP contribution in [0.5, 0.6) is 5.75 Å². The molecule has 0 bridgehead atoms. The van der Waals surface area contributed by atoms with Crippen molar-refractivity contribution in [3.05, 3.63) is 39.7 Å². The molecular formula is C19H25ClN2O4. The van der Waals surface area contributed by atoms with Crippen molar-refractivity contribution in [3.63, 3.8) is 0 Å². The molecule has 1 amide bonds. The van der Waals surface area contributed by atoms with Gasteiger partial charge in [-0.25, -0.2) is 4.79 Å². The summed E-state index contributed by atoms with van der Waals surface area (Å²) in [5.41, 5.74) is 1.55. The van der Waals surface area contributed by atoms with Gasteiger partial charge in [0, 0.05) is 36.0 Å². The normalized spacial score (nSPS) is 16.8. The number of piperidine rings is 1. The summed E-state index contributed by atoms with van der Waals surface area (Å²) in [4.78, 5) is 24.5. The van der Waals surface area contributed by atoms with Gasteiger partial charge in [-0.05, 0) is 50.4 Å². The minimum Gasteiger partial charge on any atom is -0.497 e. The van der Waals surface area contributed by atoms with Crippen molar-refractivity contribution < 1.29 is 13.9 Å². The van der Waals surface area contributed by atoms with Crippen LogP contribution >= 0.6 is 12.4 Å². The van der Waals surface area contributed by atoms with Crippen molar-refractivity contribution in [1.29, 1.82) is 0 Å². The van der Waals surface area contributed by atoms with E-state index in [-0.39, 0.29) is 36.4 Å². The fraction of sp³-hybridized carbons (Fsp3) is 0.474. The quantitative estimate of drug-likeness (QED) is 0.778. The van der Waals surface area contributed by atoms with Gasteiger partial charge in [-0.2, -0.15) is 0 Å². The molecule has 7 heteroatoms. The van der Waals surface area contributed by atoms with Gasteiger partial charge in [-0.1, -0.05) is 0 Å². The molecule has 26 heavy (non-hydrogen) atoms. The third-order valence-electron chi connectivity index (χ3n) is 4.76. The number of ether oxygens (including phenoxy) is 1. The zero-order valence-electron chi connectivity index (χ0n) is 15.1. The Morgan fingerprint density at radius 3 is 2.92 bits per heavy atom. The first-order valence-corrected chi connectivity index (χ1v) is 8.69. The summed E-state index contributed by atoms with van der Waals surface area (Å²) in [5, 5.41) is 7.17. The lowest BCUT2D eigenvalue weighted by Gasteiger charge is -2.23. The lowest BCUT2D eigenvalue weighted by atomic mass is 10.0. The number of carbonyl (C=O) groups is 1. The summed E-state index contributed by atoms with van der Waals surface area (Å²) in [6.45, 7) is 3.71. The maximum Gasteiger partial charge on any atom is 0.339 e. The van der Waals surface area contributed by atoms with Gasteiger partial charge >= 0.3 is 5.63 Å². The van der Waals surface area contributed by atoms with Crippen LogP contribution in [-0.4, -0.2) is 32.1 Å². The first kappa shape index (κ1) is 20.3. The van der Waals surface area contributed by atoms with Crippen LogP contribution in [0.4, 0.5) is 0 Å². The van der Waals surface area contributed by atoms with Gasteiger partial charge in [0.05, 0.1) is 7.11 Å². The van der Waals surface area contributed by atoms with Gasteiger partial charge in [-0.15, -0.1) is 12.4 Å². The van der Waals surface area contributed by atoms with E-state index in [1.165, 1.54) is 0 Å². The van der Waals surface area contributed by atoms with Gasteiger partial charge in [-0.3, -0.25) is 4.79 Å². The van der Waals surface area contributed by atoms with Gasteiger partial charge in [0.2, 0.25) is 5.91 Å². The second-order valence-electron chi connectivity index (χ2n) is 6.47. The fourth-order valence-electron chi connectivity index (χ4n) is 3.30. The number of aryl methyl sites for hydroxylation is 1. The monoisotopic (exact) mass is 380 g/mol. The van der Waals surface area contributed by atoms with E-state index < -0.39 is 0 Å². The highest BCUT2D eigenvalue weighted by Gasteiger charge is 2.17. The molecule has 0 aliphatic carbocycles. The van der Waals surface area contributed by atoms with Crippen LogP contribution in [0.25, 0.3) is 11.0 Å². The largest absolute Gasteiger partial charge is 0.497 e. The van der Waals surface area contributed by atoms with E-state index in [0.29, 0.717) is 23.3 Å². The average Bonchev–Trinajstić information content (AvgIpc) is 2.61. The Morgan fingerprint density at radius 2 is 2.23 bits per heavy atom. The summed E-state index contributed by atoms with van der Waals surface area (Å²) in [6.07, 6.45) is 2.73. The molecule has 2 N–H and O–H groups in total. The number of carbonyl (C=O) groups excluding carboxylic acids is 1. The van der Waals surface area contributed by atoms with Gasteiger partial charge < -0.3 is 19.8 Å². The van der Waals surface area contributed by atoms with Crippen molar-refractivity contribution in [2.75, 3.05) is 20.2 Å². The molecular weight excluding hydrogens is 356 g/mol. The van der Waals surface area contributed by atoms with E-state index >= 15 is 0 Å². The molecule has 3 rings (SSSR count). The fourth-order valence-corrected chi connectivity index (χ4v) is 3.30. The van der Waals surface area contributed by atoms with Gasteiger partial charge in [0.1, 0.15) is 11.3 Å². The minimum absolute atomic E-state index is 0. The topological polar surface area (TPSA) is 80.6 Å². The summed E-state index contributed by atoms with van der Waals surface area (Å²) >= 11 is 0. The van der Waals surface area contributed by atoms with Crippen molar-refractivity contribution in [2.24, 2.45) is 0 Å². The van der Waals surface area contributed by atoms with E-state index in [9.17, 15) is 9.59 Å². The number of fused-ring (bicyclic) bond motifs is 1. The van der Waals surface area contributed by atoms with E-state index in [1.807, 2.05) is 19.1 Å². The van der Waals surface area contributed by atoms with Crippen LogP contribution in [0.1, 0.15) is 30.4 Å². The maximum absolute atomic E-state index is 12.3. The summed E-state index contributed by atoms with van der Waals surface area (Å²) in [6, 6.07) is 5.60. The van der Waals surface area contributed by atoms with Gasteiger partial charge in [0.25, 0.3) is 0 Å². The van der Waals surface area contributed by atoms with E-state index in [4.69, 9.17) is 9.15 Å². The molecule has 0 radical (unpaired) electrons. The molecule has 1 aromatic heterocycles. The lowest BCUT2D eigenvalue weighted by Crippen LogP contribution is -2.45.